The van der Waals surface area contributed by atoms with Crippen molar-refractivity contribution < 1.29 is 0 Å². The van der Waals surface area contributed by atoms with Gasteiger partial charge in [-0.25, -0.2) is 0 Å². The van der Waals surface area contributed by atoms with E-state index in [1.807, 2.05) is 0 Å². The summed E-state index contributed by atoms with van der Waals surface area (Å²) in [5, 5.41) is 0. The van der Waals surface area contributed by atoms with Crippen molar-refractivity contribution in [2.45, 2.75) is 39.3 Å². The summed E-state index contributed by atoms with van der Waals surface area (Å²) in [7, 11) is -3.61. The lowest BCUT2D eigenvalue weighted by Crippen LogP contribution is -2.39. The van der Waals surface area contributed by atoms with Crippen molar-refractivity contribution in [3.63, 3.8) is 0 Å². The average molecular weight is 236 g/mol. The quantitative estimate of drug-likeness (QED) is 0.587. The van der Waals surface area contributed by atoms with Gasteiger partial charge in [0.05, 0.1) is 0 Å². The third kappa shape index (κ3) is 8.94. The Balaban J connectivity index is 4.68. The van der Waals surface area contributed by atoms with Crippen molar-refractivity contribution in [2.24, 2.45) is 4.41 Å². The SMILES string of the molecule is C[Si](C)(C)N=P(C)(C)N[Si](C)(C)C. The van der Waals surface area contributed by atoms with Gasteiger partial charge in [-0.05, 0) is 13.3 Å². The van der Waals surface area contributed by atoms with Crippen LogP contribution < -0.4 is 4.75 Å². The van der Waals surface area contributed by atoms with Crippen LogP contribution in [0.2, 0.25) is 39.3 Å². The molecule has 0 atom stereocenters. The molecule has 0 saturated heterocycles. The minimum absolute atomic E-state index is 1.16. The fourth-order valence-corrected chi connectivity index (χ4v) is 14.8. The first kappa shape index (κ1) is 13.6. The summed E-state index contributed by atoms with van der Waals surface area (Å²) >= 11 is 0. The molecule has 0 heterocycles. The number of rotatable bonds is 3. The molecule has 0 fully saturated rings. The molecule has 0 aliphatic rings. The van der Waals surface area contributed by atoms with Crippen LogP contribution in [0.3, 0.4) is 0 Å². The van der Waals surface area contributed by atoms with Crippen LogP contribution >= 0.6 is 7.21 Å². The third-order valence-corrected chi connectivity index (χ3v) is 10.4. The van der Waals surface area contributed by atoms with E-state index in [4.69, 9.17) is 4.41 Å². The molecule has 0 aliphatic carbocycles. The van der Waals surface area contributed by atoms with Crippen LogP contribution in [0.25, 0.3) is 0 Å². The monoisotopic (exact) mass is 236 g/mol. The number of nitrogens with zero attached hydrogens (tertiary/aromatic N) is 1. The predicted molar refractivity (Wildman–Crippen MR) is 71.0 cm³/mol. The van der Waals surface area contributed by atoms with Gasteiger partial charge in [0.25, 0.3) is 0 Å². The van der Waals surface area contributed by atoms with Gasteiger partial charge in [0.15, 0.2) is 8.24 Å². The Bertz CT molecular complexity index is 219. The van der Waals surface area contributed by atoms with Crippen LogP contribution in [0.15, 0.2) is 4.41 Å². The summed E-state index contributed by atoms with van der Waals surface area (Å²) in [5.41, 5.74) is 0. The lowest BCUT2D eigenvalue weighted by Gasteiger charge is -2.29. The minimum Gasteiger partial charge on any atom is -0.326 e. The summed E-state index contributed by atoms with van der Waals surface area (Å²) in [6.45, 7) is 18.5. The zero-order chi connectivity index (χ0) is 10.9. The Morgan fingerprint density at radius 3 is 1.54 bits per heavy atom. The number of hydrogen-bond acceptors (Lipinski definition) is 1. The first-order valence-corrected chi connectivity index (χ1v) is 14.4. The van der Waals surface area contributed by atoms with Crippen LogP contribution in [0.1, 0.15) is 0 Å². The Morgan fingerprint density at radius 1 is 0.923 bits per heavy atom. The molecule has 0 spiro atoms. The maximum Gasteiger partial charge on any atom is 0.172 e. The van der Waals surface area contributed by atoms with Gasteiger partial charge in [-0.1, -0.05) is 39.3 Å². The summed E-state index contributed by atoms with van der Waals surface area (Å²) in [6, 6.07) is 0. The van der Waals surface area contributed by atoms with Crippen LogP contribution in [-0.2, 0) is 0 Å². The van der Waals surface area contributed by atoms with Crippen LogP contribution in [-0.4, -0.2) is 29.8 Å². The number of hydrogen-bond donors (Lipinski definition) is 1. The van der Waals surface area contributed by atoms with Crippen molar-refractivity contribution in [2.75, 3.05) is 13.3 Å². The molecule has 2 nitrogen and oxygen atoms in total. The molecule has 0 aromatic rings. The molecule has 0 amide bonds. The van der Waals surface area contributed by atoms with Crippen LogP contribution in [0.4, 0.5) is 0 Å². The molecule has 0 bridgehead atoms. The third-order valence-electron chi connectivity index (χ3n) is 1.16. The smallest absolute Gasteiger partial charge is 0.172 e. The largest absolute Gasteiger partial charge is 0.326 e. The Labute approximate surface area is 85.8 Å². The molecule has 0 radical (unpaired) electrons. The highest BCUT2D eigenvalue weighted by molar-refractivity contribution is 7.65. The summed E-state index contributed by atoms with van der Waals surface area (Å²) < 4.78 is 8.77. The Morgan fingerprint density at radius 2 is 1.31 bits per heavy atom. The molecule has 0 rings (SSSR count). The highest BCUT2D eigenvalue weighted by Crippen LogP contribution is 2.39. The zero-order valence-corrected chi connectivity index (χ0v) is 13.3. The second-order valence-corrected chi connectivity index (χ2v) is 19.4. The lowest BCUT2D eigenvalue weighted by atomic mass is 11.8. The molecule has 1 N–H and O–H groups in total. The fourth-order valence-electron chi connectivity index (χ4n) is 1.60. The van der Waals surface area contributed by atoms with Gasteiger partial charge in [0.1, 0.15) is 8.24 Å². The topological polar surface area (TPSA) is 24.4 Å². The molecule has 0 unspecified atom stereocenters. The highest BCUT2D eigenvalue weighted by atomic mass is 31.2. The van der Waals surface area contributed by atoms with Crippen molar-refractivity contribution in [1.82, 2.24) is 4.75 Å². The Kier molecular flexibility index (Phi) is 4.20. The van der Waals surface area contributed by atoms with Gasteiger partial charge in [-0.2, -0.15) is 0 Å². The fraction of sp³-hybridized carbons (Fsp3) is 1.00. The van der Waals surface area contributed by atoms with E-state index in [1.165, 1.54) is 0 Å². The molecular weight excluding hydrogens is 211 g/mol. The molecule has 5 heteroatoms. The van der Waals surface area contributed by atoms with E-state index in [1.54, 1.807) is 0 Å². The number of nitrogens with one attached hydrogen (secondary N) is 1. The van der Waals surface area contributed by atoms with Gasteiger partial charge < -0.3 is 9.16 Å². The maximum atomic E-state index is 5.00. The van der Waals surface area contributed by atoms with Crippen LogP contribution in [0.5, 0.6) is 0 Å². The standard InChI is InChI=1S/C8H25N2PSi2/c1-11(2,9-12(3,4)5)10-13(6,7)8/h9H,1-8H3. The average Bonchev–Trinajstić information content (AvgIpc) is 1.43. The molecule has 80 valence electrons. The molecule has 0 aromatic heterocycles. The van der Waals surface area contributed by atoms with Gasteiger partial charge >= 0.3 is 0 Å². The molecule has 0 aliphatic heterocycles. The van der Waals surface area contributed by atoms with Gasteiger partial charge in [-0.3, -0.25) is 0 Å². The van der Waals surface area contributed by atoms with Gasteiger partial charge in [-0.15, -0.1) is 0 Å². The minimum atomic E-state index is -1.26. The van der Waals surface area contributed by atoms with E-state index in [-0.39, 0.29) is 0 Å². The van der Waals surface area contributed by atoms with E-state index in [0.29, 0.717) is 0 Å². The van der Waals surface area contributed by atoms with Crippen molar-refractivity contribution in [3.05, 3.63) is 0 Å². The molecule has 13 heavy (non-hydrogen) atoms. The van der Waals surface area contributed by atoms with Gasteiger partial charge in [0.2, 0.25) is 0 Å². The first-order valence-electron chi connectivity index (χ1n) is 4.79. The maximum absolute atomic E-state index is 5.00. The van der Waals surface area contributed by atoms with Crippen LogP contribution in [0, 0.1) is 0 Å². The second kappa shape index (κ2) is 4.01. The van der Waals surface area contributed by atoms with E-state index < -0.39 is 23.7 Å². The van der Waals surface area contributed by atoms with Crippen molar-refractivity contribution in [1.29, 1.82) is 0 Å². The lowest BCUT2D eigenvalue weighted by molar-refractivity contribution is 1.38. The zero-order valence-electron chi connectivity index (χ0n) is 10.4. The van der Waals surface area contributed by atoms with Crippen molar-refractivity contribution >= 4 is 23.7 Å². The summed E-state index contributed by atoms with van der Waals surface area (Å²) in [4.78, 5) is 0. The molecule has 0 saturated carbocycles. The van der Waals surface area contributed by atoms with Gasteiger partial charge in [0, 0.05) is 7.21 Å². The Hall–Kier alpha value is 0.624. The van der Waals surface area contributed by atoms with E-state index in [0.717, 1.165) is 0 Å². The van der Waals surface area contributed by atoms with E-state index >= 15 is 0 Å². The predicted octanol–water partition coefficient (Wildman–Crippen LogP) is 3.62. The molecule has 0 aromatic carbocycles. The first-order chi connectivity index (χ1) is 5.41. The van der Waals surface area contributed by atoms with E-state index in [9.17, 15) is 0 Å². The normalized spacial score (nSPS) is 14.5. The van der Waals surface area contributed by atoms with Crippen molar-refractivity contribution in [3.8, 4) is 0 Å². The summed E-state index contributed by atoms with van der Waals surface area (Å²) in [6.07, 6.45) is 0. The summed E-state index contributed by atoms with van der Waals surface area (Å²) in [5.74, 6) is 0. The molecular formula is C8H25N2PSi2. The highest BCUT2D eigenvalue weighted by Gasteiger charge is 2.21. The second-order valence-electron chi connectivity index (χ2n) is 6.03. The van der Waals surface area contributed by atoms with E-state index in [2.05, 4.69) is 57.4 Å².